The monoisotopic (exact) mass is 475 g/mol. The minimum Gasteiger partial charge on any atom is -0.426 e. The Hall–Kier alpha value is -2.62. The van der Waals surface area contributed by atoms with Crippen molar-refractivity contribution in [3.63, 3.8) is 0 Å². The fourth-order valence-corrected chi connectivity index (χ4v) is 6.27. The molecule has 2 aliphatic carbocycles. The van der Waals surface area contributed by atoms with Gasteiger partial charge < -0.3 is 4.74 Å². The third kappa shape index (κ3) is 6.74. The lowest BCUT2D eigenvalue weighted by Crippen LogP contribution is -2.30. The summed E-state index contributed by atoms with van der Waals surface area (Å²) < 4.78 is 5.70. The van der Waals surface area contributed by atoms with Gasteiger partial charge in [-0.2, -0.15) is 0 Å². The highest BCUT2D eigenvalue weighted by molar-refractivity contribution is 5.95. The number of unbranched alkanes of at least 4 members (excludes halogenated alkanes) is 2. The van der Waals surface area contributed by atoms with Crippen molar-refractivity contribution in [1.82, 2.24) is 0 Å². The van der Waals surface area contributed by atoms with Crippen molar-refractivity contribution in [3.05, 3.63) is 54.1 Å². The van der Waals surface area contributed by atoms with Gasteiger partial charge in [0.15, 0.2) is 0 Å². The van der Waals surface area contributed by atoms with Crippen LogP contribution in [0.2, 0.25) is 0 Å². The molecule has 2 aliphatic rings. The maximum absolute atomic E-state index is 12.8. The summed E-state index contributed by atoms with van der Waals surface area (Å²) >= 11 is 0. The highest BCUT2D eigenvalue weighted by Crippen LogP contribution is 2.42. The molecule has 4 rings (SSSR count). The van der Waals surface area contributed by atoms with Crippen LogP contribution in [0.4, 0.5) is 0 Å². The fraction of sp³-hybridized carbons (Fsp3) is 0.548. The summed E-state index contributed by atoms with van der Waals surface area (Å²) in [4.78, 5) is 24.2. The van der Waals surface area contributed by atoms with Gasteiger partial charge in [0, 0.05) is 0 Å². The lowest BCUT2D eigenvalue weighted by molar-refractivity contribution is -0.140. The highest BCUT2D eigenvalue weighted by Gasteiger charge is 2.33. The van der Waals surface area contributed by atoms with E-state index in [-0.39, 0.29) is 17.5 Å². The summed E-state index contributed by atoms with van der Waals surface area (Å²) in [6.07, 6.45) is 15.2. The molecule has 0 bridgehead atoms. The molecule has 35 heavy (non-hydrogen) atoms. The van der Waals surface area contributed by atoms with Gasteiger partial charge in [0.1, 0.15) is 5.75 Å². The molecular weight excluding hydrogens is 436 g/mol. The molecule has 1 radical (unpaired) electrons. The van der Waals surface area contributed by atoms with E-state index in [1.807, 2.05) is 0 Å². The summed E-state index contributed by atoms with van der Waals surface area (Å²) in [5.74, 6) is 1.73. The zero-order valence-corrected chi connectivity index (χ0v) is 21.0. The Bertz CT molecular complexity index is 964. The van der Waals surface area contributed by atoms with Gasteiger partial charge in [0.05, 0.1) is 11.5 Å². The third-order valence-corrected chi connectivity index (χ3v) is 8.41. The number of carbonyl (C=O) groups excluding carboxylic acids is 2. The van der Waals surface area contributed by atoms with Crippen molar-refractivity contribution in [2.45, 2.75) is 84.0 Å². The van der Waals surface area contributed by atoms with Crippen LogP contribution >= 0.6 is 0 Å². The van der Waals surface area contributed by atoms with E-state index < -0.39 is 5.97 Å². The van der Waals surface area contributed by atoms with E-state index in [0.29, 0.717) is 11.3 Å². The van der Waals surface area contributed by atoms with Crippen LogP contribution in [0.15, 0.2) is 48.5 Å². The first-order chi connectivity index (χ1) is 17.0. The molecule has 4 nitrogen and oxygen atoms in total. The lowest BCUT2D eigenvalue weighted by atomic mass is 9.68. The SMILES string of the molecule is CCCCC[C@H]1CC[C@H]([C@H]2CC[C@@H](C(=O)Oc3ccc(-c4ccccc4C([O])=O)cc3)CC2)CC1. The molecule has 0 unspecified atom stereocenters. The molecule has 2 aromatic carbocycles. The van der Waals surface area contributed by atoms with Crippen LogP contribution in [0.3, 0.4) is 0 Å². The van der Waals surface area contributed by atoms with Gasteiger partial charge in [-0.1, -0.05) is 75.8 Å². The number of ether oxygens (including phenoxy) is 1. The molecule has 187 valence electrons. The third-order valence-electron chi connectivity index (χ3n) is 8.41. The average Bonchev–Trinajstić information content (AvgIpc) is 2.90. The first-order valence-electron chi connectivity index (χ1n) is 13.7. The van der Waals surface area contributed by atoms with Gasteiger partial charge in [0.25, 0.3) is 0 Å². The maximum atomic E-state index is 12.8. The van der Waals surface area contributed by atoms with Gasteiger partial charge in [-0.3, -0.25) is 4.79 Å². The maximum Gasteiger partial charge on any atom is 0.386 e. The Morgan fingerprint density at radius 1 is 0.800 bits per heavy atom. The van der Waals surface area contributed by atoms with E-state index in [1.165, 1.54) is 57.4 Å². The zero-order chi connectivity index (χ0) is 24.6. The average molecular weight is 476 g/mol. The second-order valence-corrected chi connectivity index (χ2v) is 10.7. The van der Waals surface area contributed by atoms with E-state index in [2.05, 4.69) is 6.92 Å². The first kappa shape index (κ1) is 25.5. The standard InChI is InChI=1S/C31H39O4/c1-2-3-4-7-22-10-12-23(13-11-22)24-14-16-26(17-15-24)31(34)35-27-20-18-25(19-21-27)28-8-5-6-9-29(28)30(32)33/h5-6,8-9,18-24,26H,2-4,7,10-17H2,1H3/t22-,23-,24-,26+. The molecule has 2 fully saturated rings. The smallest absolute Gasteiger partial charge is 0.386 e. The van der Waals surface area contributed by atoms with Gasteiger partial charge >= 0.3 is 11.9 Å². The largest absolute Gasteiger partial charge is 0.426 e. The molecular formula is C31H39O4. The summed E-state index contributed by atoms with van der Waals surface area (Å²) in [6, 6.07) is 13.8. The van der Waals surface area contributed by atoms with Crippen LogP contribution in [0.1, 0.15) is 94.3 Å². The molecule has 0 spiro atoms. The Morgan fingerprint density at radius 2 is 1.43 bits per heavy atom. The molecule has 2 saturated carbocycles. The molecule has 0 heterocycles. The van der Waals surface area contributed by atoms with Crippen LogP contribution in [-0.4, -0.2) is 11.9 Å². The Kier molecular flexibility index (Phi) is 9.01. The first-order valence-corrected chi connectivity index (χ1v) is 13.7. The normalized spacial score (nSPS) is 24.6. The van der Waals surface area contributed by atoms with Crippen LogP contribution in [0.5, 0.6) is 5.75 Å². The Balaban J connectivity index is 1.24. The van der Waals surface area contributed by atoms with Crippen LogP contribution in [-0.2, 0) is 9.90 Å². The van der Waals surface area contributed by atoms with Crippen molar-refractivity contribution >= 4 is 11.9 Å². The summed E-state index contributed by atoms with van der Waals surface area (Å²) in [5.41, 5.74) is 1.50. The topological polar surface area (TPSA) is 63.3 Å². The molecule has 4 heteroatoms. The number of benzene rings is 2. The summed E-state index contributed by atoms with van der Waals surface area (Å²) in [6.45, 7) is 2.28. The lowest BCUT2D eigenvalue weighted by Gasteiger charge is -2.37. The molecule has 0 aliphatic heterocycles. The second-order valence-electron chi connectivity index (χ2n) is 10.7. The van der Waals surface area contributed by atoms with Gasteiger partial charge in [-0.15, -0.1) is 0 Å². The minimum atomic E-state index is -1.20. The minimum absolute atomic E-state index is 0.0184. The van der Waals surface area contributed by atoms with Crippen molar-refractivity contribution in [3.8, 4) is 16.9 Å². The van der Waals surface area contributed by atoms with E-state index in [0.717, 1.165) is 49.0 Å². The second kappa shape index (κ2) is 12.4. The Labute approximate surface area is 210 Å². The predicted octanol–water partition coefficient (Wildman–Crippen LogP) is 8.02. The highest BCUT2D eigenvalue weighted by atomic mass is 16.5. The van der Waals surface area contributed by atoms with Crippen molar-refractivity contribution < 1.29 is 19.4 Å². The van der Waals surface area contributed by atoms with Gasteiger partial charge in [0.2, 0.25) is 0 Å². The van der Waals surface area contributed by atoms with E-state index in [1.54, 1.807) is 42.5 Å². The fourth-order valence-electron chi connectivity index (χ4n) is 6.27. The quantitative estimate of drug-likeness (QED) is 0.209. The Morgan fingerprint density at radius 3 is 2.06 bits per heavy atom. The van der Waals surface area contributed by atoms with Gasteiger partial charge in [-0.25, -0.2) is 9.90 Å². The number of carbonyl (C=O) groups is 2. The predicted molar refractivity (Wildman–Crippen MR) is 138 cm³/mol. The van der Waals surface area contributed by atoms with Crippen LogP contribution in [0.25, 0.3) is 11.1 Å². The van der Waals surface area contributed by atoms with Crippen molar-refractivity contribution in [2.24, 2.45) is 23.7 Å². The van der Waals surface area contributed by atoms with E-state index in [4.69, 9.17) is 4.74 Å². The number of rotatable bonds is 9. The van der Waals surface area contributed by atoms with E-state index in [9.17, 15) is 14.7 Å². The summed E-state index contributed by atoms with van der Waals surface area (Å²) in [5, 5.41) is 11.4. The molecule has 0 aromatic heterocycles. The number of hydrogen-bond donors (Lipinski definition) is 0. The summed E-state index contributed by atoms with van der Waals surface area (Å²) in [7, 11) is 0. The van der Waals surface area contributed by atoms with Crippen molar-refractivity contribution in [1.29, 1.82) is 0 Å². The van der Waals surface area contributed by atoms with Crippen LogP contribution < -0.4 is 4.74 Å². The van der Waals surface area contributed by atoms with Gasteiger partial charge in [-0.05, 0) is 85.6 Å². The molecule has 0 atom stereocenters. The number of esters is 1. The molecule has 0 N–H and O–H groups in total. The molecule has 2 aromatic rings. The number of hydrogen-bond acceptors (Lipinski definition) is 3. The zero-order valence-electron chi connectivity index (χ0n) is 21.0. The molecule has 0 saturated heterocycles. The van der Waals surface area contributed by atoms with Crippen molar-refractivity contribution in [2.75, 3.05) is 0 Å². The van der Waals surface area contributed by atoms with Crippen LogP contribution in [0, 0.1) is 23.7 Å². The molecule has 0 amide bonds. The van der Waals surface area contributed by atoms with E-state index >= 15 is 0 Å².